The van der Waals surface area contributed by atoms with Gasteiger partial charge in [-0.3, -0.25) is 9.59 Å². The molecule has 0 radical (unpaired) electrons. The topological polar surface area (TPSA) is 138 Å². The molecule has 1 fully saturated rings. The number of rotatable bonds is 5. The van der Waals surface area contributed by atoms with E-state index in [2.05, 4.69) is 25.8 Å². The van der Waals surface area contributed by atoms with Crippen molar-refractivity contribution in [2.24, 2.45) is 4.99 Å². The van der Waals surface area contributed by atoms with E-state index in [1.807, 2.05) is 59.5 Å². The molecule has 4 heterocycles. The fourth-order valence-corrected chi connectivity index (χ4v) is 4.36. The van der Waals surface area contributed by atoms with Gasteiger partial charge in [-0.05, 0) is 12.1 Å². The zero-order valence-electron chi connectivity index (χ0n) is 19.7. The Morgan fingerprint density at radius 3 is 2.51 bits per heavy atom. The van der Waals surface area contributed by atoms with Crippen molar-refractivity contribution in [1.29, 1.82) is 0 Å². The summed E-state index contributed by atoms with van der Waals surface area (Å²) in [6.07, 6.45) is -1.02. The highest BCUT2D eigenvalue weighted by Gasteiger charge is 2.28. The van der Waals surface area contributed by atoms with Gasteiger partial charge in [-0.15, -0.1) is 5.10 Å². The van der Waals surface area contributed by atoms with Gasteiger partial charge in [0.05, 0.1) is 30.2 Å². The van der Waals surface area contributed by atoms with Gasteiger partial charge in [0.15, 0.2) is 0 Å². The molecule has 1 amide bonds. The van der Waals surface area contributed by atoms with E-state index >= 15 is 0 Å². The molecule has 0 bridgehead atoms. The number of pyridine rings is 1. The average molecular weight is 498 g/mol. The predicted molar refractivity (Wildman–Crippen MR) is 138 cm³/mol. The Morgan fingerprint density at radius 2 is 1.68 bits per heavy atom. The Balaban J connectivity index is 1.33. The van der Waals surface area contributed by atoms with Gasteiger partial charge >= 0.3 is 6.01 Å². The number of carbonyl (C=O) groups is 1. The maximum absolute atomic E-state index is 13.1. The lowest BCUT2D eigenvalue weighted by Gasteiger charge is -2.29. The molecule has 1 atom stereocenters. The van der Waals surface area contributed by atoms with Crippen LogP contribution < -0.4 is 21.1 Å². The number of morpholine rings is 1. The first-order valence-corrected chi connectivity index (χ1v) is 11.9. The van der Waals surface area contributed by atoms with Gasteiger partial charge in [0, 0.05) is 30.3 Å². The third-order valence-electron chi connectivity index (χ3n) is 6.13. The summed E-state index contributed by atoms with van der Waals surface area (Å²) in [6.45, 7) is 2.33. The number of nitrogens with zero attached hydrogens (tertiary/aromatic N) is 4. The smallest absolute Gasteiger partial charge is 0.317 e. The van der Waals surface area contributed by atoms with Gasteiger partial charge in [-0.1, -0.05) is 53.6 Å². The highest BCUT2D eigenvalue weighted by Crippen LogP contribution is 2.29. The van der Waals surface area contributed by atoms with Gasteiger partial charge in [0.2, 0.25) is 11.7 Å². The van der Waals surface area contributed by atoms with Crippen LogP contribution in [0.2, 0.25) is 0 Å². The number of aromatic amines is 1. The number of fused-ring (bicyclic) bond motifs is 1. The average Bonchev–Trinajstić information content (AvgIpc) is 3.35. The minimum atomic E-state index is -1.02. The van der Waals surface area contributed by atoms with E-state index in [-0.39, 0.29) is 23.4 Å². The van der Waals surface area contributed by atoms with E-state index in [4.69, 9.17) is 14.1 Å². The lowest BCUT2D eigenvalue weighted by atomic mass is 10.0. The van der Waals surface area contributed by atoms with Gasteiger partial charge in [0.25, 0.3) is 11.8 Å². The fourth-order valence-electron chi connectivity index (χ4n) is 4.36. The SMILES string of the molecule is O=C1Nc2ccccc2C(c2ccccc2)=N[C@@H]1Nc1nnc(-c2ccc(=O)[nH]c2N2CCOCC2)o1. The molecule has 2 aliphatic heterocycles. The Labute approximate surface area is 211 Å². The molecule has 0 saturated carbocycles. The summed E-state index contributed by atoms with van der Waals surface area (Å²) in [5.74, 6) is 0.416. The number of benzene rings is 2. The maximum Gasteiger partial charge on any atom is 0.317 e. The lowest BCUT2D eigenvalue weighted by Crippen LogP contribution is -2.37. The van der Waals surface area contributed by atoms with Crippen LogP contribution in [0.1, 0.15) is 11.1 Å². The number of H-pyrrole nitrogens is 1. The number of aromatic nitrogens is 3. The molecule has 1 saturated heterocycles. The highest BCUT2D eigenvalue weighted by atomic mass is 16.5. The standard InChI is InChI=1S/C26H23N7O4/c34-20-11-10-18(23(28-20)33-12-14-36-15-13-33)25-31-32-26(37-25)30-22-24(35)27-19-9-5-4-8-17(19)21(29-22)16-6-2-1-3-7-16/h1-11,22H,12-15H2,(H,27,35)(H,28,34)(H,30,32)/t22-/m1/s1. The van der Waals surface area contributed by atoms with Crippen molar-refractivity contribution >= 4 is 29.1 Å². The molecule has 4 aromatic rings. The second-order valence-corrected chi connectivity index (χ2v) is 8.52. The van der Waals surface area contributed by atoms with Crippen LogP contribution in [0, 0.1) is 0 Å². The van der Waals surface area contributed by atoms with Crippen LogP contribution in [-0.4, -0.2) is 59.3 Å². The van der Waals surface area contributed by atoms with Crippen LogP contribution in [-0.2, 0) is 9.53 Å². The summed E-state index contributed by atoms with van der Waals surface area (Å²) in [4.78, 5) is 34.8. The molecule has 37 heavy (non-hydrogen) atoms. The summed E-state index contributed by atoms with van der Waals surface area (Å²) in [5, 5.41) is 14.1. The Bertz CT molecular complexity index is 1520. The van der Waals surface area contributed by atoms with Crippen molar-refractivity contribution in [3.8, 4) is 11.5 Å². The van der Waals surface area contributed by atoms with Crippen molar-refractivity contribution in [3.05, 3.63) is 88.2 Å². The summed E-state index contributed by atoms with van der Waals surface area (Å²) >= 11 is 0. The first-order valence-electron chi connectivity index (χ1n) is 11.9. The highest BCUT2D eigenvalue weighted by molar-refractivity contribution is 6.19. The number of para-hydroxylation sites is 1. The molecular formula is C26H23N7O4. The van der Waals surface area contributed by atoms with Crippen molar-refractivity contribution in [2.45, 2.75) is 6.17 Å². The van der Waals surface area contributed by atoms with E-state index in [0.29, 0.717) is 49.1 Å². The number of benzodiazepines with no additional fused rings is 1. The van der Waals surface area contributed by atoms with Crippen LogP contribution in [0.15, 0.2) is 80.9 Å². The molecule has 11 heteroatoms. The summed E-state index contributed by atoms with van der Waals surface area (Å²) in [6, 6.07) is 20.2. The van der Waals surface area contributed by atoms with Gasteiger partial charge < -0.3 is 29.7 Å². The number of aliphatic imine (C=N–C) groups is 1. The zero-order chi connectivity index (χ0) is 25.2. The molecule has 11 nitrogen and oxygen atoms in total. The minimum Gasteiger partial charge on any atom is -0.403 e. The van der Waals surface area contributed by atoms with E-state index in [1.54, 1.807) is 6.07 Å². The molecule has 2 aliphatic rings. The first kappa shape index (κ1) is 22.7. The third kappa shape index (κ3) is 4.59. The molecule has 186 valence electrons. The molecule has 3 N–H and O–H groups in total. The van der Waals surface area contributed by atoms with E-state index in [9.17, 15) is 9.59 Å². The largest absolute Gasteiger partial charge is 0.403 e. The number of amides is 1. The second-order valence-electron chi connectivity index (χ2n) is 8.52. The normalized spacial score (nSPS) is 17.4. The van der Waals surface area contributed by atoms with Crippen molar-refractivity contribution < 1.29 is 13.9 Å². The van der Waals surface area contributed by atoms with Crippen LogP contribution in [0.5, 0.6) is 0 Å². The maximum atomic E-state index is 13.1. The van der Waals surface area contributed by atoms with Crippen LogP contribution in [0.3, 0.4) is 0 Å². The molecule has 2 aromatic carbocycles. The Morgan fingerprint density at radius 1 is 0.892 bits per heavy atom. The van der Waals surface area contributed by atoms with Gasteiger partial charge in [-0.25, -0.2) is 4.99 Å². The number of ether oxygens (including phenoxy) is 1. The summed E-state index contributed by atoms with van der Waals surface area (Å²) < 4.78 is 11.3. The first-order chi connectivity index (χ1) is 18.2. The predicted octanol–water partition coefficient (Wildman–Crippen LogP) is 2.49. The van der Waals surface area contributed by atoms with E-state index in [0.717, 1.165) is 11.1 Å². The van der Waals surface area contributed by atoms with Crippen molar-refractivity contribution in [2.75, 3.05) is 41.8 Å². The molecular weight excluding hydrogens is 474 g/mol. The number of hydrogen-bond acceptors (Lipinski definition) is 9. The fraction of sp³-hybridized carbons (Fsp3) is 0.192. The Kier molecular flexibility index (Phi) is 5.95. The van der Waals surface area contributed by atoms with Crippen molar-refractivity contribution in [3.63, 3.8) is 0 Å². The summed E-state index contributed by atoms with van der Waals surface area (Å²) in [5.41, 5.74) is 3.33. The monoisotopic (exact) mass is 497 g/mol. The van der Waals surface area contributed by atoms with Crippen LogP contribution in [0.25, 0.3) is 11.5 Å². The third-order valence-corrected chi connectivity index (χ3v) is 6.13. The second kappa shape index (κ2) is 9.70. The molecule has 0 spiro atoms. The Hall–Kier alpha value is -4.77. The quantitative estimate of drug-likeness (QED) is 0.382. The van der Waals surface area contributed by atoms with Crippen molar-refractivity contribution in [1.82, 2.24) is 15.2 Å². The summed E-state index contributed by atoms with van der Waals surface area (Å²) in [7, 11) is 0. The zero-order valence-corrected chi connectivity index (χ0v) is 19.7. The number of carbonyl (C=O) groups excluding carboxylic acids is 1. The number of nitrogens with one attached hydrogen (secondary N) is 3. The number of hydrogen-bond donors (Lipinski definition) is 3. The van der Waals surface area contributed by atoms with E-state index < -0.39 is 6.17 Å². The van der Waals surface area contributed by atoms with Crippen LogP contribution >= 0.6 is 0 Å². The van der Waals surface area contributed by atoms with Gasteiger partial charge in [-0.2, -0.15) is 0 Å². The molecule has 6 rings (SSSR count). The number of anilines is 3. The van der Waals surface area contributed by atoms with Gasteiger partial charge in [0.1, 0.15) is 5.82 Å². The van der Waals surface area contributed by atoms with E-state index in [1.165, 1.54) is 6.07 Å². The minimum absolute atomic E-state index is 0.0244. The lowest BCUT2D eigenvalue weighted by molar-refractivity contribution is -0.116. The van der Waals surface area contributed by atoms with Crippen LogP contribution in [0.4, 0.5) is 17.5 Å². The molecule has 0 aliphatic carbocycles. The molecule has 0 unspecified atom stereocenters. The molecule has 2 aromatic heterocycles.